The van der Waals surface area contributed by atoms with E-state index in [1.807, 2.05) is 10.8 Å². The number of carboxylic acids is 1. The third-order valence-electron chi connectivity index (χ3n) is 3.81. The van der Waals surface area contributed by atoms with Gasteiger partial charge in [0.2, 0.25) is 0 Å². The molecule has 1 fully saturated rings. The highest BCUT2D eigenvalue weighted by atomic mass is 16.4. The average Bonchev–Trinajstić information content (AvgIpc) is 3.22. The number of aromatic carboxylic acids is 1. The second-order valence-electron chi connectivity index (χ2n) is 5.49. The average molecular weight is 273 g/mol. The van der Waals surface area contributed by atoms with Gasteiger partial charge in [0.15, 0.2) is 5.65 Å². The van der Waals surface area contributed by atoms with Gasteiger partial charge in [-0.05, 0) is 19.3 Å². The molecular formula is C15H19N3O2. The quantitative estimate of drug-likeness (QED) is 0.821. The Hall–Kier alpha value is -1.91. The van der Waals surface area contributed by atoms with E-state index >= 15 is 0 Å². The normalized spacial score (nSPS) is 14.8. The molecule has 0 aromatic carbocycles. The van der Waals surface area contributed by atoms with Gasteiger partial charge in [-0.1, -0.05) is 19.8 Å². The zero-order valence-corrected chi connectivity index (χ0v) is 11.7. The third kappa shape index (κ3) is 2.40. The molecule has 0 amide bonds. The van der Waals surface area contributed by atoms with Crippen molar-refractivity contribution in [1.29, 1.82) is 0 Å². The van der Waals surface area contributed by atoms with Crippen LogP contribution in [0, 0.1) is 0 Å². The van der Waals surface area contributed by atoms with Gasteiger partial charge in [-0.15, -0.1) is 0 Å². The second kappa shape index (κ2) is 5.23. The van der Waals surface area contributed by atoms with Crippen molar-refractivity contribution < 1.29 is 9.90 Å². The van der Waals surface area contributed by atoms with Crippen LogP contribution in [0.2, 0.25) is 0 Å². The molecule has 0 atom stereocenters. The van der Waals surface area contributed by atoms with Crippen LogP contribution in [-0.2, 0) is 6.54 Å². The lowest BCUT2D eigenvalue weighted by Crippen LogP contribution is -1.98. The monoisotopic (exact) mass is 273 g/mol. The molecule has 0 unspecified atom stereocenters. The molecule has 1 aliphatic carbocycles. The molecule has 0 spiro atoms. The fourth-order valence-corrected chi connectivity index (χ4v) is 2.50. The first kappa shape index (κ1) is 13.1. The smallest absolute Gasteiger partial charge is 0.339 e. The lowest BCUT2D eigenvalue weighted by atomic mass is 10.2. The van der Waals surface area contributed by atoms with Crippen LogP contribution in [0.25, 0.3) is 11.2 Å². The molecule has 20 heavy (non-hydrogen) atoms. The Balaban J connectivity index is 2.00. The number of carboxylic acid groups (broad SMARTS) is 1. The SMILES string of the molecule is CCCCCn1cc(C(=O)O)c2nc(C3CC3)cnc21. The maximum Gasteiger partial charge on any atom is 0.339 e. The molecule has 0 bridgehead atoms. The van der Waals surface area contributed by atoms with Crippen LogP contribution in [0.5, 0.6) is 0 Å². The van der Waals surface area contributed by atoms with Crippen molar-refractivity contribution in [3.05, 3.63) is 23.7 Å². The van der Waals surface area contributed by atoms with E-state index in [-0.39, 0.29) is 5.56 Å². The van der Waals surface area contributed by atoms with E-state index in [1.54, 1.807) is 6.20 Å². The Labute approximate surface area is 117 Å². The minimum absolute atomic E-state index is 0.270. The van der Waals surface area contributed by atoms with Gasteiger partial charge >= 0.3 is 5.97 Å². The summed E-state index contributed by atoms with van der Waals surface area (Å²) in [5.41, 5.74) is 2.44. The number of aryl methyl sites for hydroxylation is 1. The maximum absolute atomic E-state index is 11.4. The summed E-state index contributed by atoms with van der Waals surface area (Å²) < 4.78 is 1.93. The number of hydrogen-bond acceptors (Lipinski definition) is 3. The van der Waals surface area contributed by atoms with Crippen LogP contribution < -0.4 is 0 Å². The van der Waals surface area contributed by atoms with Crippen molar-refractivity contribution in [1.82, 2.24) is 14.5 Å². The molecule has 1 saturated carbocycles. The van der Waals surface area contributed by atoms with Crippen molar-refractivity contribution in [2.24, 2.45) is 0 Å². The summed E-state index contributed by atoms with van der Waals surface area (Å²) in [7, 11) is 0. The van der Waals surface area contributed by atoms with E-state index in [4.69, 9.17) is 0 Å². The number of hydrogen-bond donors (Lipinski definition) is 1. The van der Waals surface area contributed by atoms with E-state index in [1.165, 1.54) is 0 Å². The van der Waals surface area contributed by atoms with Crippen LogP contribution in [-0.4, -0.2) is 25.6 Å². The fourth-order valence-electron chi connectivity index (χ4n) is 2.50. The molecule has 0 saturated heterocycles. The zero-order valence-electron chi connectivity index (χ0n) is 11.7. The van der Waals surface area contributed by atoms with Gasteiger partial charge in [0.1, 0.15) is 11.1 Å². The number of nitrogens with zero attached hydrogens (tertiary/aromatic N) is 3. The van der Waals surface area contributed by atoms with Crippen LogP contribution in [0.3, 0.4) is 0 Å². The number of unbranched alkanes of at least 4 members (excludes halogenated alkanes) is 2. The van der Waals surface area contributed by atoms with Crippen molar-refractivity contribution in [3.8, 4) is 0 Å². The van der Waals surface area contributed by atoms with Crippen LogP contribution in [0.15, 0.2) is 12.4 Å². The molecule has 3 rings (SSSR count). The Bertz CT molecular complexity index is 644. The summed E-state index contributed by atoms with van der Waals surface area (Å²) in [4.78, 5) is 20.4. The van der Waals surface area contributed by atoms with Crippen molar-refractivity contribution in [2.45, 2.75) is 51.5 Å². The van der Waals surface area contributed by atoms with E-state index in [9.17, 15) is 9.90 Å². The summed E-state index contributed by atoms with van der Waals surface area (Å²) in [5, 5.41) is 9.33. The molecule has 2 aromatic rings. The largest absolute Gasteiger partial charge is 0.478 e. The molecular weight excluding hydrogens is 254 g/mol. The topological polar surface area (TPSA) is 68.0 Å². The standard InChI is InChI=1S/C15H19N3O2/c1-2-3-4-7-18-9-11(15(19)20)13-14(18)16-8-12(17-13)10-5-6-10/h8-10H,2-7H2,1H3,(H,19,20). The first-order chi connectivity index (χ1) is 9.70. The van der Waals surface area contributed by atoms with Crippen molar-refractivity contribution in [3.63, 3.8) is 0 Å². The first-order valence-corrected chi connectivity index (χ1v) is 7.29. The Morgan fingerprint density at radius 1 is 1.45 bits per heavy atom. The second-order valence-corrected chi connectivity index (χ2v) is 5.49. The van der Waals surface area contributed by atoms with Gasteiger partial charge in [0.25, 0.3) is 0 Å². The highest BCUT2D eigenvalue weighted by molar-refractivity contribution is 6.00. The fraction of sp³-hybridized carbons (Fsp3) is 0.533. The zero-order chi connectivity index (χ0) is 14.1. The van der Waals surface area contributed by atoms with E-state index in [2.05, 4.69) is 16.9 Å². The molecule has 106 valence electrons. The molecule has 0 radical (unpaired) electrons. The summed E-state index contributed by atoms with van der Waals surface area (Å²) >= 11 is 0. The number of carbonyl (C=O) groups is 1. The minimum Gasteiger partial charge on any atom is -0.478 e. The van der Waals surface area contributed by atoms with Crippen LogP contribution in [0.1, 0.15) is 61.0 Å². The molecule has 1 N–H and O–H groups in total. The Morgan fingerprint density at radius 3 is 2.90 bits per heavy atom. The summed E-state index contributed by atoms with van der Waals surface area (Å²) in [5.74, 6) is -0.441. The van der Waals surface area contributed by atoms with Gasteiger partial charge < -0.3 is 9.67 Å². The summed E-state index contributed by atoms with van der Waals surface area (Å²) in [6.07, 6.45) is 9.07. The van der Waals surface area contributed by atoms with Gasteiger partial charge in [-0.25, -0.2) is 14.8 Å². The van der Waals surface area contributed by atoms with Crippen LogP contribution >= 0.6 is 0 Å². The lowest BCUT2D eigenvalue weighted by molar-refractivity contribution is 0.0698. The predicted molar refractivity (Wildman–Crippen MR) is 76.0 cm³/mol. The molecule has 1 aliphatic rings. The molecule has 2 heterocycles. The number of fused-ring (bicyclic) bond motifs is 1. The van der Waals surface area contributed by atoms with E-state index in [0.717, 1.165) is 44.3 Å². The highest BCUT2D eigenvalue weighted by Gasteiger charge is 2.27. The number of rotatable bonds is 6. The van der Waals surface area contributed by atoms with Crippen molar-refractivity contribution in [2.75, 3.05) is 0 Å². The summed E-state index contributed by atoms with van der Waals surface area (Å²) in [6.45, 7) is 2.95. The lowest BCUT2D eigenvalue weighted by Gasteiger charge is -2.04. The van der Waals surface area contributed by atoms with Gasteiger partial charge in [-0.3, -0.25) is 0 Å². The highest BCUT2D eigenvalue weighted by Crippen LogP contribution is 2.39. The molecule has 2 aromatic heterocycles. The van der Waals surface area contributed by atoms with Crippen LogP contribution in [0.4, 0.5) is 0 Å². The van der Waals surface area contributed by atoms with Gasteiger partial charge in [0, 0.05) is 18.7 Å². The predicted octanol–water partition coefficient (Wildman–Crippen LogP) is 3.20. The Morgan fingerprint density at radius 2 is 2.25 bits per heavy atom. The first-order valence-electron chi connectivity index (χ1n) is 7.29. The van der Waals surface area contributed by atoms with Gasteiger partial charge in [-0.2, -0.15) is 0 Å². The maximum atomic E-state index is 11.4. The van der Waals surface area contributed by atoms with E-state index < -0.39 is 5.97 Å². The van der Waals surface area contributed by atoms with Crippen molar-refractivity contribution >= 4 is 17.1 Å². The molecule has 5 nitrogen and oxygen atoms in total. The summed E-state index contributed by atoms with van der Waals surface area (Å²) in [6, 6.07) is 0. The molecule has 0 aliphatic heterocycles. The number of aromatic nitrogens is 3. The van der Waals surface area contributed by atoms with E-state index in [0.29, 0.717) is 17.1 Å². The minimum atomic E-state index is -0.925. The third-order valence-corrected chi connectivity index (χ3v) is 3.81. The Kier molecular flexibility index (Phi) is 3.42. The molecule has 5 heteroatoms. The van der Waals surface area contributed by atoms with Gasteiger partial charge in [0.05, 0.1) is 11.9 Å².